The van der Waals surface area contributed by atoms with E-state index in [4.69, 9.17) is 4.74 Å². The zero-order chi connectivity index (χ0) is 21.4. The molecule has 3 aromatic carbocycles. The predicted octanol–water partition coefficient (Wildman–Crippen LogP) is 5.64. The molecule has 1 aliphatic carbocycles. The predicted molar refractivity (Wildman–Crippen MR) is 121 cm³/mol. The fourth-order valence-corrected chi connectivity index (χ4v) is 5.39. The van der Waals surface area contributed by atoms with Crippen molar-refractivity contribution in [2.75, 3.05) is 6.61 Å². The summed E-state index contributed by atoms with van der Waals surface area (Å²) >= 11 is 1.37. The second-order valence-electron chi connectivity index (χ2n) is 7.38. The van der Waals surface area contributed by atoms with Gasteiger partial charge >= 0.3 is 12.1 Å². The number of nitrogens with one attached hydrogen (secondary N) is 1. The third-order valence-corrected chi connectivity index (χ3v) is 6.79. The molecule has 1 heterocycles. The van der Waals surface area contributed by atoms with Gasteiger partial charge in [-0.2, -0.15) is 0 Å². The van der Waals surface area contributed by atoms with Crippen molar-refractivity contribution < 1.29 is 19.4 Å². The molecule has 1 aliphatic rings. The number of hydrogen-bond donors (Lipinski definition) is 2. The number of benzene rings is 3. The normalized spacial score (nSPS) is 12.4. The number of carbonyl (C=O) groups excluding carboxylic acids is 1. The van der Waals surface area contributed by atoms with Gasteiger partial charge < -0.3 is 15.2 Å². The fraction of sp³-hybridized carbons (Fsp3) is 0.120. The van der Waals surface area contributed by atoms with E-state index in [1.165, 1.54) is 22.5 Å². The second-order valence-corrected chi connectivity index (χ2v) is 8.52. The molecule has 0 atom stereocenters. The summed E-state index contributed by atoms with van der Waals surface area (Å²) in [6.07, 6.45) is -0.560. The van der Waals surface area contributed by atoms with Crippen LogP contribution in [0.4, 0.5) is 4.79 Å². The highest BCUT2D eigenvalue weighted by Gasteiger charge is 2.29. The molecule has 0 aliphatic heterocycles. The minimum atomic E-state index is -0.998. The fourth-order valence-electron chi connectivity index (χ4n) is 4.26. The number of thiophene rings is 1. The van der Waals surface area contributed by atoms with Gasteiger partial charge in [0.15, 0.2) is 0 Å². The lowest BCUT2D eigenvalue weighted by Crippen LogP contribution is -2.26. The number of amides is 1. The summed E-state index contributed by atoms with van der Waals surface area (Å²) in [6.45, 7) is 0.329. The number of aromatic carboxylic acids is 1. The quantitative estimate of drug-likeness (QED) is 0.431. The van der Waals surface area contributed by atoms with Crippen molar-refractivity contribution in [3.63, 3.8) is 0 Å². The number of carboxylic acid groups (broad SMARTS) is 1. The summed E-state index contributed by atoms with van der Waals surface area (Å²) < 4.78 is 6.42. The highest BCUT2D eigenvalue weighted by Crippen LogP contribution is 2.44. The van der Waals surface area contributed by atoms with Gasteiger partial charge in [-0.05, 0) is 28.3 Å². The van der Waals surface area contributed by atoms with Crippen molar-refractivity contribution in [1.29, 1.82) is 0 Å². The Morgan fingerprint density at radius 1 is 0.903 bits per heavy atom. The van der Waals surface area contributed by atoms with Crippen LogP contribution in [-0.2, 0) is 11.3 Å². The zero-order valence-electron chi connectivity index (χ0n) is 16.5. The van der Waals surface area contributed by atoms with Crippen molar-refractivity contribution >= 4 is 33.5 Å². The maximum atomic E-state index is 12.4. The Morgan fingerprint density at radius 3 is 2.19 bits per heavy atom. The van der Waals surface area contributed by atoms with Crippen LogP contribution in [0, 0.1) is 0 Å². The van der Waals surface area contributed by atoms with E-state index in [2.05, 4.69) is 29.6 Å². The van der Waals surface area contributed by atoms with E-state index in [0.29, 0.717) is 10.3 Å². The minimum absolute atomic E-state index is 0.0166. The summed E-state index contributed by atoms with van der Waals surface area (Å²) in [7, 11) is 0. The summed E-state index contributed by atoms with van der Waals surface area (Å²) in [5.41, 5.74) is 4.87. The Kier molecular flexibility index (Phi) is 4.92. The molecule has 154 valence electrons. The highest BCUT2D eigenvalue weighted by atomic mass is 32.1. The number of carboxylic acids is 1. The molecule has 0 radical (unpaired) electrons. The van der Waals surface area contributed by atoms with Crippen LogP contribution in [-0.4, -0.2) is 23.8 Å². The lowest BCUT2D eigenvalue weighted by Gasteiger charge is -2.14. The molecule has 31 heavy (non-hydrogen) atoms. The molecule has 5 rings (SSSR count). The van der Waals surface area contributed by atoms with Crippen LogP contribution in [0.15, 0.2) is 72.8 Å². The first-order chi connectivity index (χ1) is 15.1. The highest BCUT2D eigenvalue weighted by molar-refractivity contribution is 7.19. The van der Waals surface area contributed by atoms with Crippen LogP contribution in [0.5, 0.6) is 0 Å². The molecule has 5 nitrogen and oxygen atoms in total. The Hall–Kier alpha value is -3.64. The molecule has 0 fully saturated rings. The van der Waals surface area contributed by atoms with Crippen LogP contribution in [0.1, 0.15) is 32.3 Å². The molecule has 6 heteroatoms. The third kappa shape index (κ3) is 3.45. The van der Waals surface area contributed by atoms with Gasteiger partial charge in [-0.3, -0.25) is 0 Å². The van der Waals surface area contributed by atoms with Crippen LogP contribution in [0.2, 0.25) is 0 Å². The second kappa shape index (κ2) is 7.89. The number of hydrogen-bond acceptors (Lipinski definition) is 4. The number of carbonyl (C=O) groups is 2. The first-order valence-electron chi connectivity index (χ1n) is 9.96. The van der Waals surface area contributed by atoms with Gasteiger partial charge in [-0.15, -0.1) is 11.3 Å². The van der Waals surface area contributed by atoms with Gasteiger partial charge in [0.25, 0.3) is 0 Å². The van der Waals surface area contributed by atoms with Crippen molar-refractivity contribution in [1.82, 2.24) is 5.32 Å². The third-order valence-electron chi connectivity index (χ3n) is 5.62. The lowest BCUT2D eigenvalue weighted by atomic mass is 9.98. The molecule has 0 unspecified atom stereocenters. The molecule has 2 N–H and O–H groups in total. The number of alkyl carbamates (subject to hydrolysis) is 1. The first kappa shape index (κ1) is 19.3. The maximum Gasteiger partial charge on any atom is 0.407 e. The topological polar surface area (TPSA) is 75.6 Å². The van der Waals surface area contributed by atoms with Gasteiger partial charge in [0.2, 0.25) is 0 Å². The summed E-state index contributed by atoms with van der Waals surface area (Å²) in [5.74, 6) is -1.01. The van der Waals surface area contributed by atoms with Gasteiger partial charge in [0, 0.05) is 20.9 Å². The lowest BCUT2D eigenvalue weighted by molar-refractivity contribution is 0.0698. The molecule has 0 spiro atoms. The summed E-state index contributed by atoms with van der Waals surface area (Å²) in [5, 5.41) is 13.0. The van der Waals surface area contributed by atoms with Crippen LogP contribution < -0.4 is 5.32 Å². The molecule has 0 saturated carbocycles. The Morgan fingerprint density at radius 2 is 1.52 bits per heavy atom. The molecule has 0 bridgehead atoms. The van der Waals surface area contributed by atoms with Crippen molar-refractivity contribution in [2.24, 2.45) is 0 Å². The molecule has 0 saturated heterocycles. The van der Waals surface area contributed by atoms with Crippen molar-refractivity contribution in [3.05, 3.63) is 94.4 Å². The van der Waals surface area contributed by atoms with Crippen molar-refractivity contribution in [3.8, 4) is 11.1 Å². The molecule has 1 amide bonds. The van der Waals surface area contributed by atoms with Gasteiger partial charge in [0.1, 0.15) is 6.61 Å². The number of rotatable bonds is 5. The number of ether oxygens (including phenoxy) is 1. The largest absolute Gasteiger partial charge is 0.478 e. The average Bonchev–Trinajstić information content (AvgIpc) is 3.32. The summed E-state index contributed by atoms with van der Waals surface area (Å²) in [4.78, 5) is 24.8. The first-order valence-corrected chi connectivity index (χ1v) is 10.8. The molecular formula is C25H19NO4S. The van der Waals surface area contributed by atoms with E-state index >= 15 is 0 Å². The van der Waals surface area contributed by atoms with Crippen LogP contribution >= 0.6 is 11.3 Å². The van der Waals surface area contributed by atoms with Crippen molar-refractivity contribution in [2.45, 2.75) is 12.5 Å². The number of fused-ring (bicyclic) bond motifs is 4. The molecule has 1 aromatic heterocycles. The van der Waals surface area contributed by atoms with Gasteiger partial charge in [-0.25, -0.2) is 9.59 Å². The van der Waals surface area contributed by atoms with E-state index in [1.807, 2.05) is 42.5 Å². The Balaban J connectivity index is 1.29. The maximum absolute atomic E-state index is 12.4. The van der Waals surface area contributed by atoms with E-state index in [1.54, 1.807) is 6.07 Å². The zero-order valence-corrected chi connectivity index (χ0v) is 17.3. The van der Waals surface area contributed by atoms with E-state index in [-0.39, 0.29) is 24.6 Å². The smallest absolute Gasteiger partial charge is 0.407 e. The standard InChI is InChI=1S/C25H19NO4S/c27-24(28)23-19-11-5-6-12-21(19)31-22(23)13-26-25(29)30-14-20-17-9-3-1-7-15(17)16-8-2-4-10-18(16)20/h1-12,20H,13-14H2,(H,26,29)(H,27,28). The van der Waals surface area contributed by atoms with E-state index in [9.17, 15) is 14.7 Å². The Bertz CT molecular complexity index is 1260. The average molecular weight is 429 g/mol. The monoisotopic (exact) mass is 429 g/mol. The molecular weight excluding hydrogens is 410 g/mol. The van der Waals surface area contributed by atoms with Gasteiger partial charge in [0.05, 0.1) is 12.1 Å². The van der Waals surface area contributed by atoms with Crippen LogP contribution in [0.3, 0.4) is 0 Å². The Labute approximate surface area is 182 Å². The van der Waals surface area contributed by atoms with E-state index in [0.717, 1.165) is 15.8 Å². The van der Waals surface area contributed by atoms with Gasteiger partial charge in [-0.1, -0.05) is 66.7 Å². The molecule has 4 aromatic rings. The van der Waals surface area contributed by atoms with Crippen LogP contribution in [0.25, 0.3) is 21.2 Å². The minimum Gasteiger partial charge on any atom is -0.478 e. The van der Waals surface area contributed by atoms with E-state index < -0.39 is 12.1 Å². The SMILES string of the molecule is O=C(NCc1sc2ccccc2c1C(=O)O)OCC1c2ccccc2-c2ccccc21. The summed E-state index contributed by atoms with van der Waals surface area (Å²) in [6, 6.07) is 23.7.